The van der Waals surface area contributed by atoms with Crippen LogP contribution < -0.4 is 9.62 Å². The van der Waals surface area contributed by atoms with E-state index in [4.69, 9.17) is 0 Å². The molecule has 0 saturated carbocycles. The topological polar surface area (TPSA) is 70.8 Å². The zero-order valence-corrected chi connectivity index (χ0v) is 14.9. The highest BCUT2D eigenvalue weighted by atomic mass is 32.2. The molecule has 2 aromatic carbocycles. The Morgan fingerprint density at radius 2 is 1.58 bits per heavy atom. The number of nitrogens with one attached hydrogen (secondary N) is 2. The third-order valence-electron chi connectivity index (χ3n) is 4.51. The predicted molar refractivity (Wildman–Crippen MR) is 94.3 cm³/mol. The highest BCUT2D eigenvalue weighted by Gasteiger charge is 2.36. The molecule has 0 aliphatic carbocycles. The molecule has 6 heteroatoms. The Morgan fingerprint density at radius 3 is 2.12 bits per heavy atom. The molecule has 130 valence electrons. The van der Waals surface area contributed by atoms with Crippen molar-refractivity contribution >= 4 is 10.0 Å². The summed E-state index contributed by atoms with van der Waals surface area (Å²) in [5.41, 5.74) is 0.526. The number of quaternary nitrogens is 1. The average molecular weight is 349 g/mol. The highest BCUT2D eigenvalue weighted by Crippen LogP contribution is 2.17. The van der Waals surface area contributed by atoms with E-state index in [-0.39, 0.29) is 18.0 Å². The van der Waals surface area contributed by atoms with Crippen LogP contribution in [0, 0.1) is 0 Å². The minimum atomic E-state index is -3.58. The van der Waals surface area contributed by atoms with Gasteiger partial charge in [-0.2, -0.15) is 0 Å². The summed E-state index contributed by atoms with van der Waals surface area (Å²) in [5.74, 6) is 0. The van der Waals surface area contributed by atoms with Crippen LogP contribution in [-0.4, -0.2) is 40.3 Å². The second-order valence-corrected chi connectivity index (χ2v) is 7.86. The Labute approximate surface area is 144 Å². The molecule has 0 fully saturated rings. The third kappa shape index (κ3) is 4.21. The van der Waals surface area contributed by atoms with E-state index in [2.05, 4.69) is 4.72 Å². The molecule has 1 unspecified atom stereocenters. The average Bonchev–Trinajstić information content (AvgIpc) is 2.61. The number of hydrogen-bond acceptors (Lipinski definition) is 3. The van der Waals surface area contributed by atoms with Gasteiger partial charge in [0.2, 0.25) is 10.0 Å². The molecule has 0 bridgehead atoms. The first-order valence-corrected chi connectivity index (χ1v) is 9.42. The van der Waals surface area contributed by atoms with Crippen molar-refractivity contribution in [1.29, 1.82) is 0 Å². The number of likely N-dealkylation sites (N-methyl/N-ethyl adjacent to an activating group) is 1. The van der Waals surface area contributed by atoms with E-state index >= 15 is 0 Å². The van der Waals surface area contributed by atoms with Gasteiger partial charge in [-0.3, -0.25) is 0 Å². The molecule has 0 amide bonds. The van der Waals surface area contributed by atoms with Crippen molar-refractivity contribution in [2.75, 3.05) is 26.7 Å². The fourth-order valence-electron chi connectivity index (χ4n) is 2.67. The smallest absolute Gasteiger partial charge is 0.240 e. The van der Waals surface area contributed by atoms with Gasteiger partial charge < -0.3 is 10.0 Å². The number of aliphatic hydroxyl groups excluding tert-OH is 1. The van der Waals surface area contributed by atoms with E-state index in [0.717, 1.165) is 10.5 Å². The fourth-order valence-corrected chi connectivity index (χ4v) is 3.83. The SMILES string of the molecule is C[NH+](CCO)[C@](C)(CNS(=O)(=O)c1ccccc1)c1ccccc1. The summed E-state index contributed by atoms with van der Waals surface area (Å²) in [4.78, 5) is 1.28. The molecule has 0 spiro atoms. The Hall–Kier alpha value is -1.73. The van der Waals surface area contributed by atoms with Crippen molar-refractivity contribution in [3.8, 4) is 0 Å². The quantitative estimate of drug-likeness (QED) is 0.646. The summed E-state index contributed by atoms with van der Waals surface area (Å²) < 4.78 is 27.8. The van der Waals surface area contributed by atoms with Crippen molar-refractivity contribution in [3.63, 3.8) is 0 Å². The first-order chi connectivity index (χ1) is 11.4. The summed E-state index contributed by atoms with van der Waals surface area (Å²) in [5, 5.41) is 9.29. The Balaban J connectivity index is 2.27. The first kappa shape index (κ1) is 18.6. The molecule has 0 saturated heterocycles. The fraction of sp³-hybridized carbons (Fsp3) is 0.333. The molecular weight excluding hydrogens is 324 g/mol. The largest absolute Gasteiger partial charge is 0.391 e. The van der Waals surface area contributed by atoms with Gasteiger partial charge in [0, 0.05) is 5.56 Å². The maximum atomic E-state index is 12.5. The van der Waals surface area contributed by atoms with Crippen LogP contribution in [0.3, 0.4) is 0 Å². The van der Waals surface area contributed by atoms with Crippen LogP contribution in [0.1, 0.15) is 12.5 Å². The van der Waals surface area contributed by atoms with Crippen molar-refractivity contribution in [3.05, 3.63) is 66.2 Å². The number of sulfonamides is 1. The molecule has 24 heavy (non-hydrogen) atoms. The minimum absolute atomic E-state index is 0.0414. The zero-order chi connectivity index (χ0) is 17.6. The van der Waals surface area contributed by atoms with Gasteiger partial charge in [0.1, 0.15) is 12.1 Å². The highest BCUT2D eigenvalue weighted by molar-refractivity contribution is 7.89. The van der Waals surface area contributed by atoms with E-state index in [0.29, 0.717) is 6.54 Å². The van der Waals surface area contributed by atoms with Crippen molar-refractivity contribution < 1.29 is 18.4 Å². The van der Waals surface area contributed by atoms with Crippen molar-refractivity contribution in [2.24, 2.45) is 0 Å². The van der Waals surface area contributed by atoms with Crippen LogP contribution in [-0.2, 0) is 15.6 Å². The van der Waals surface area contributed by atoms with Crippen LogP contribution in [0.25, 0.3) is 0 Å². The number of hydrogen-bond donors (Lipinski definition) is 3. The predicted octanol–water partition coefficient (Wildman–Crippen LogP) is 0.387. The van der Waals surface area contributed by atoms with Crippen molar-refractivity contribution in [2.45, 2.75) is 17.4 Å². The molecule has 3 N–H and O–H groups in total. The summed E-state index contributed by atoms with van der Waals surface area (Å²) in [6.45, 7) is 2.80. The summed E-state index contributed by atoms with van der Waals surface area (Å²) in [6.07, 6.45) is 0. The second-order valence-electron chi connectivity index (χ2n) is 6.09. The Morgan fingerprint density at radius 1 is 1.04 bits per heavy atom. The van der Waals surface area contributed by atoms with Crippen LogP contribution in [0.2, 0.25) is 0 Å². The normalized spacial score (nSPS) is 15.6. The molecule has 0 aliphatic rings. The summed E-state index contributed by atoms with van der Waals surface area (Å²) >= 11 is 0. The lowest BCUT2D eigenvalue weighted by Crippen LogP contribution is -3.17. The lowest BCUT2D eigenvalue weighted by atomic mass is 9.90. The van der Waals surface area contributed by atoms with Gasteiger partial charge in [-0.25, -0.2) is 13.1 Å². The second kappa shape index (κ2) is 7.90. The lowest BCUT2D eigenvalue weighted by Gasteiger charge is -2.36. The number of rotatable bonds is 8. The summed E-state index contributed by atoms with van der Waals surface area (Å²) in [7, 11) is -1.62. The van der Waals surface area contributed by atoms with Crippen LogP contribution in [0.4, 0.5) is 0 Å². The van der Waals surface area contributed by atoms with Crippen LogP contribution >= 0.6 is 0 Å². The molecule has 5 nitrogen and oxygen atoms in total. The lowest BCUT2D eigenvalue weighted by molar-refractivity contribution is -0.939. The molecule has 0 radical (unpaired) electrons. The Bertz CT molecular complexity index is 735. The number of benzene rings is 2. The molecule has 0 aromatic heterocycles. The van der Waals surface area contributed by atoms with E-state index in [9.17, 15) is 13.5 Å². The van der Waals surface area contributed by atoms with E-state index < -0.39 is 15.6 Å². The van der Waals surface area contributed by atoms with E-state index in [1.165, 1.54) is 0 Å². The maximum Gasteiger partial charge on any atom is 0.240 e. The summed E-state index contributed by atoms with van der Waals surface area (Å²) in [6, 6.07) is 18.1. The molecule has 2 aromatic rings. The van der Waals surface area contributed by atoms with Gasteiger partial charge in [0.05, 0.1) is 25.1 Å². The van der Waals surface area contributed by atoms with Crippen LogP contribution in [0.15, 0.2) is 65.6 Å². The van der Waals surface area contributed by atoms with E-state index in [1.54, 1.807) is 30.3 Å². The van der Waals surface area contributed by atoms with E-state index in [1.807, 2.05) is 44.3 Å². The molecule has 2 atom stereocenters. The maximum absolute atomic E-state index is 12.5. The van der Waals surface area contributed by atoms with Crippen molar-refractivity contribution in [1.82, 2.24) is 4.72 Å². The molecule has 2 rings (SSSR count). The van der Waals surface area contributed by atoms with Gasteiger partial charge in [-0.1, -0.05) is 48.5 Å². The number of aliphatic hydroxyl groups is 1. The van der Waals surface area contributed by atoms with Gasteiger partial charge in [0.25, 0.3) is 0 Å². The minimum Gasteiger partial charge on any atom is -0.391 e. The monoisotopic (exact) mass is 349 g/mol. The molecular formula is C18H25N2O3S+. The Kier molecular flexibility index (Phi) is 6.12. The molecule has 0 heterocycles. The van der Waals surface area contributed by atoms with Crippen LogP contribution in [0.5, 0.6) is 0 Å². The van der Waals surface area contributed by atoms with Gasteiger partial charge >= 0.3 is 0 Å². The van der Waals surface area contributed by atoms with Gasteiger partial charge in [-0.15, -0.1) is 0 Å². The molecule has 0 aliphatic heterocycles. The van der Waals surface area contributed by atoms with Gasteiger partial charge in [0.15, 0.2) is 0 Å². The van der Waals surface area contributed by atoms with Gasteiger partial charge in [-0.05, 0) is 19.1 Å². The zero-order valence-electron chi connectivity index (χ0n) is 14.1. The first-order valence-electron chi connectivity index (χ1n) is 7.94. The third-order valence-corrected chi connectivity index (χ3v) is 5.93. The standard InChI is InChI=1S/C18H24N2O3S/c1-18(20(2)13-14-21,16-9-5-3-6-10-16)15-19-24(22,23)17-11-7-4-8-12-17/h3-12,19,21H,13-15H2,1-2H3/p+1/t18-/m1/s1.